The van der Waals surface area contributed by atoms with E-state index in [-0.39, 0.29) is 11.9 Å². The normalized spacial score (nSPS) is 18.0. The Labute approximate surface area is 226 Å². The first kappa shape index (κ1) is 24.9. The molecule has 3 aliphatic rings. The van der Waals surface area contributed by atoms with E-state index in [0.717, 1.165) is 53.2 Å². The van der Waals surface area contributed by atoms with Gasteiger partial charge in [-0.25, -0.2) is 0 Å². The summed E-state index contributed by atoms with van der Waals surface area (Å²) in [6.07, 6.45) is 9.43. The van der Waals surface area contributed by atoms with Gasteiger partial charge in [0.2, 0.25) is 0 Å². The van der Waals surface area contributed by atoms with Gasteiger partial charge in [0.25, 0.3) is 0 Å². The minimum absolute atomic E-state index is 0.0798. The lowest BCUT2D eigenvalue weighted by atomic mass is 9.93. The van der Waals surface area contributed by atoms with Crippen LogP contribution in [0.5, 0.6) is 11.5 Å². The van der Waals surface area contributed by atoms with Gasteiger partial charge in [-0.05, 0) is 98.1 Å². The Kier molecular flexibility index (Phi) is 7.59. The van der Waals surface area contributed by atoms with Crippen molar-refractivity contribution < 1.29 is 14.3 Å². The Hall–Kier alpha value is -3.37. The molecular formula is C34H37NO3. The molecule has 196 valence electrons. The number of benzene rings is 3. The molecule has 1 saturated carbocycles. The first-order valence-corrected chi connectivity index (χ1v) is 14.3. The second-order valence-electron chi connectivity index (χ2n) is 10.8. The van der Waals surface area contributed by atoms with E-state index in [0.29, 0.717) is 18.6 Å². The molecule has 3 aromatic carbocycles. The van der Waals surface area contributed by atoms with E-state index >= 15 is 0 Å². The van der Waals surface area contributed by atoms with E-state index < -0.39 is 0 Å². The summed E-state index contributed by atoms with van der Waals surface area (Å²) in [6.45, 7) is 4.04. The number of hydrogen-bond acceptors (Lipinski definition) is 4. The van der Waals surface area contributed by atoms with Gasteiger partial charge in [-0.15, -0.1) is 0 Å². The SMILES string of the molecule is O=C(C1=C(c2ccc(OCCN3CCCC3)cc2)c2ccccc2C1)c1cccc(OC2CCCCC2)c1. The van der Waals surface area contributed by atoms with Gasteiger partial charge in [-0.3, -0.25) is 9.69 Å². The van der Waals surface area contributed by atoms with Crippen molar-refractivity contribution in [2.24, 2.45) is 0 Å². The molecule has 0 aromatic heterocycles. The minimum atomic E-state index is 0.0798. The fourth-order valence-electron chi connectivity index (χ4n) is 6.16. The summed E-state index contributed by atoms with van der Waals surface area (Å²) in [5.41, 5.74) is 5.98. The van der Waals surface area contributed by atoms with E-state index in [4.69, 9.17) is 9.47 Å². The second kappa shape index (κ2) is 11.6. The van der Waals surface area contributed by atoms with Crippen LogP contribution in [0.4, 0.5) is 0 Å². The summed E-state index contributed by atoms with van der Waals surface area (Å²) in [7, 11) is 0. The first-order valence-electron chi connectivity index (χ1n) is 14.3. The molecule has 1 heterocycles. The number of nitrogens with zero attached hydrogens (tertiary/aromatic N) is 1. The second-order valence-corrected chi connectivity index (χ2v) is 10.8. The maximum Gasteiger partial charge on any atom is 0.190 e. The molecule has 0 radical (unpaired) electrons. The number of carbonyl (C=O) groups is 1. The largest absolute Gasteiger partial charge is 0.492 e. The minimum Gasteiger partial charge on any atom is -0.492 e. The summed E-state index contributed by atoms with van der Waals surface area (Å²) >= 11 is 0. The average molecular weight is 508 g/mol. The highest BCUT2D eigenvalue weighted by atomic mass is 16.5. The number of ketones is 1. The van der Waals surface area contributed by atoms with Crippen LogP contribution in [0.15, 0.2) is 78.4 Å². The van der Waals surface area contributed by atoms with Crippen LogP contribution in [-0.4, -0.2) is 43.0 Å². The molecule has 0 N–H and O–H groups in total. The quantitative estimate of drug-likeness (QED) is 0.289. The van der Waals surface area contributed by atoms with Crippen molar-refractivity contribution in [3.8, 4) is 11.5 Å². The summed E-state index contributed by atoms with van der Waals surface area (Å²) in [5.74, 6) is 1.76. The summed E-state index contributed by atoms with van der Waals surface area (Å²) in [5, 5.41) is 0. The number of Topliss-reactive ketones (excluding diaryl/α,β-unsaturated/α-hetero) is 1. The lowest BCUT2D eigenvalue weighted by Gasteiger charge is -2.23. The fourth-order valence-corrected chi connectivity index (χ4v) is 6.16. The number of ether oxygens (including phenoxy) is 2. The molecule has 2 aliphatic carbocycles. The standard InChI is InChI=1S/C34H37NO3/c36-34(27-10-8-13-30(23-27)38-29-11-2-1-3-12-29)32-24-26-9-4-5-14-31(26)33(32)25-15-17-28(18-16-25)37-22-21-35-19-6-7-20-35/h4-5,8-10,13-18,23,29H,1-3,6-7,11-12,19-22,24H2. The summed E-state index contributed by atoms with van der Waals surface area (Å²) < 4.78 is 12.3. The third kappa shape index (κ3) is 5.56. The van der Waals surface area contributed by atoms with Crippen molar-refractivity contribution in [3.63, 3.8) is 0 Å². The Bertz CT molecular complexity index is 1300. The van der Waals surface area contributed by atoms with Crippen LogP contribution in [0.1, 0.15) is 72.0 Å². The van der Waals surface area contributed by atoms with Crippen LogP contribution >= 0.6 is 0 Å². The highest BCUT2D eigenvalue weighted by molar-refractivity contribution is 6.16. The van der Waals surface area contributed by atoms with Gasteiger partial charge in [-0.1, -0.05) is 55.0 Å². The Morgan fingerprint density at radius 1 is 0.816 bits per heavy atom. The van der Waals surface area contributed by atoms with Crippen LogP contribution in [0.2, 0.25) is 0 Å². The maximum atomic E-state index is 13.9. The van der Waals surface area contributed by atoms with E-state index in [9.17, 15) is 4.79 Å². The van der Waals surface area contributed by atoms with E-state index in [1.54, 1.807) is 0 Å². The number of fused-ring (bicyclic) bond motifs is 1. The van der Waals surface area contributed by atoms with Crippen molar-refractivity contribution in [2.45, 2.75) is 57.5 Å². The van der Waals surface area contributed by atoms with Crippen molar-refractivity contribution in [2.75, 3.05) is 26.2 Å². The lowest BCUT2D eigenvalue weighted by Crippen LogP contribution is -2.25. The molecule has 6 rings (SSSR count). The van der Waals surface area contributed by atoms with E-state index in [2.05, 4.69) is 41.3 Å². The monoisotopic (exact) mass is 507 g/mol. The van der Waals surface area contributed by atoms with E-state index in [1.165, 1.54) is 50.8 Å². The predicted molar refractivity (Wildman–Crippen MR) is 152 cm³/mol. The smallest absolute Gasteiger partial charge is 0.190 e. The van der Waals surface area contributed by atoms with Crippen molar-refractivity contribution in [3.05, 3.63) is 101 Å². The summed E-state index contributed by atoms with van der Waals surface area (Å²) in [6, 6.07) is 24.4. The maximum absolute atomic E-state index is 13.9. The lowest BCUT2D eigenvalue weighted by molar-refractivity contribution is 0.103. The van der Waals surface area contributed by atoms with Crippen molar-refractivity contribution in [1.82, 2.24) is 4.90 Å². The van der Waals surface area contributed by atoms with Crippen LogP contribution in [-0.2, 0) is 6.42 Å². The average Bonchev–Trinajstić information content (AvgIpc) is 3.62. The highest BCUT2D eigenvalue weighted by Gasteiger charge is 2.28. The number of rotatable bonds is 9. The Morgan fingerprint density at radius 3 is 2.42 bits per heavy atom. The topological polar surface area (TPSA) is 38.8 Å². The highest BCUT2D eigenvalue weighted by Crippen LogP contribution is 2.39. The van der Waals surface area contributed by atoms with Crippen LogP contribution in [0, 0.1) is 0 Å². The number of likely N-dealkylation sites (tertiary alicyclic amines) is 1. The van der Waals surface area contributed by atoms with Crippen LogP contribution < -0.4 is 9.47 Å². The number of carbonyl (C=O) groups excluding carboxylic acids is 1. The van der Waals surface area contributed by atoms with Gasteiger partial charge in [0.15, 0.2) is 5.78 Å². The van der Waals surface area contributed by atoms with Crippen molar-refractivity contribution >= 4 is 11.4 Å². The van der Waals surface area contributed by atoms with Crippen LogP contribution in [0.3, 0.4) is 0 Å². The van der Waals surface area contributed by atoms with Gasteiger partial charge in [0, 0.05) is 24.1 Å². The van der Waals surface area contributed by atoms with Crippen molar-refractivity contribution in [1.29, 1.82) is 0 Å². The number of hydrogen-bond donors (Lipinski definition) is 0. The molecule has 0 spiro atoms. The first-order chi connectivity index (χ1) is 18.7. The van der Waals surface area contributed by atoms with E-state index in [1.807, 2.05) is 36.4 Å². The molecule has 0 atom stereocenters. The van der Waals surface area contributed by atoms with Gasteiger partial charge >= 0.3 is 0 Å². The third-order valence-electron chi connectivity index (χ3n) is 8.20. The molecule has 0 bridgehead atoms. The summed E-state index contributed by atoms with van der Waals surface area (Å²) in [4.78, 5) is 16.4. The molecule has 0 unspecified atom stereocenters. The molecule has 38 heavy (non-hydrogen) atoms. The molecule has 1 saturated heterocycles. The zero-order valence-corrected chi connectivity index (χ0v) is 22.2. The molecule has 1 aliphatic heterocycles. The van der Waals surface area contributed by atoms with Gasteiger partial charge in [-0.2, -0.15) is 0 Å². The van der Waals surface area contributed by atoms with Crippen LogP contribution in [0.25, 0.3) is 5.57 Å². The molecule has 0 amide bonds. The molecule has 4 heteroatoms. The zero-order chi connectivity index (χ0) is 25.7. The molecule has 2 fully saturated rings. The van der Waals surface area contributed by atoms with Gasteiger partial charge < -0.3 is 9.47 Å². The Morgan fingerprint density at radius 2 is 1.61 bits per heavy atom. The van der Waals surface area contributed by atoms with Gasteiger partial charge in [0.05, 0.1) is 6.10 Å². The predicted octanol–water partition coefficient (Wildman–Crippen LogP) is 7.11. The van der Waals surface area contributed by atoms with Gasteiger partial charge in [0.1, 0.15) is 18.1 Å². The Balaban J connectivity index is 1.23. The molecular weight excluding hydrogens is 470 g/mol. The number of allylic oxidation sites excluding steroid dienone is 1. The molecule has 3 aromatic rings. The fraction of sp³-hybridized carbons (Fsp3) is 0.382. The molecule has 4 nitrogen and oxygen atoms in total. The third-order valence-corrected chi connectivity index (χ3v) is 8.20. The zero-order valence-electron chi connectivity index (χ0n) is 22.2.